The van der Waals surface area contributed by atoms with Crippen molar-refractivity contribution in [1.29, 1.82) is 0 Å². The Morgan fingerprint density at radius 1 is 1.32 bits per heavy atom. The summed E-state index contributed by atoms with van der Waals surface area (Å²) in [5.41, 5.74) is 2.18. The number of hydrogen-bond acceptors (Lipinski definition) is 4. The lowest BCUT2D eigenvalue weighted by molar-refractivity contribution is 0.0287. The van der Waals surface area contributed by atoms with Crippen LogP contribution in [0.2, 0.25) is 0 Å². The summed E-state index contributed by atoms with van der Waals surface area (Å²) in [5.74, 6) is 1.02. The molecule has 0 aliphatic carbocycles. The Kier molecular flexibility index (Phi) is 4.90. The summed E-state index contributed by atoms with van der Waals surface area (Å²) in [7, 11) is 5.41. The Labute approximate surface area is 113 Å². The fourth-order valence-electron chi connectivity index (χ4n) is 2.09. The molecular formula is C14H21N3O2. The molecule has 1 aromatic carbocycles. The fraction of sp³-hybridized carbons (Fsp3) is 0.500. The topological polar surface area (TPSA) is 48.3 Å². The molecule has 19 heavy (non-hydrogen) atoms. The quantitative estimate of drug-likeness (QED) is 0.818. The normalized spacial score (nSPS) is 13.0. The highest BCUT2D eigenvalue weighted by molar-refractivity contribution is 5.75. The van der Waals surface area contributed by atoms with Crippen molar-refractivity contribution in [1.82, 2.24) is 14.9 Å². The van der Waals surface area contributed by atoms with Crippen LogP contribution in [0.25, 0.3) is 11.0 Å². The Balaban J connectivity index is 1.96. The second-order valence-electron chi connectivity index (χ2n) is 4.52. The number of para-hydroxylation sites is 2. The first kappa shape index (κ1) is 14.0. The zero-order valence-electron chi connectivity index (χ0n) is 11.7. The molecule has 1 heterocycles. The Morgan fingerprint density at radius 3 is 2.79 bits per heavy atom. The first-order valence-corrected chi connectivity index (χ1v) is 6.39. The number of nitrogens with one attached hydrogen (secondary N) is 1. The zero-order chi connectivity index (χ0) is 13.7. The molecule has 5 nitrogen and oxygen atoms in total. The van der Waals surface area contributed by atoms with E-state index in [0.29, 0.717) is 6.61 Å². The van der Waals surface area contributed by atoms with Gasteiger partial charge in [-0.3, -0.25) is 0 Å². The van der Waals surface area contributed by atoms with Crippen molar-refractivity contribution < 1.29 is 9.47 Å². The molecule has 1 N–H and O–H groups in total. The minimum Gasteiger partial charge on any atom is -0.382 e. The minimum atomic E-state index is 0.0692. The van der Waals surface area contributed by atoms with Crippen LogP contribution in [0.1, 0.15) is 5.82 Å². The molecule has 0 radical (unpaired) electrons. The lowest BCUT2D eigenvalue weighted by atomic mass is 10.3. The molecule has 104 valence electrons. The second kappa shape index (κ2) is 6.65. The van der Waals surface area contributed by atoms with Gasteiger partial charge in [-0.25, -0.2) is 4.98 Å². The molecule has 0 amide bonds. The summed E-state index contributed by atoms with van der Waals surface area (Å²) >= 11 is 0. The van der Waals surface area contributed by atoms with E-state index in [0.717, 1.165) is 29.9 Å². The second-order valence-corrected chi connectivity index (χ2v) is 4.52. The van der Waals surface area contributed by atoms with E-state index in [1.165, 1.54) is 0 Å². The molecule has 0 aliphatic heterocycles. The minimum absolute atomic E-state index is 0.0692. The van der Waals surface area contributed by atoms with Crippen LogP contribution in [0.5, 0.6) is 0 Å². The molecule has 0 aliphatic rings. The Morgan fingerprint density at radius 2 is 2.11 bits per heavy atom. The average molecular weight is 263 g/mol. The number of benzene rings is 1. The van der Waals surface area contributed by atoms with Crippen LogP contribution in [0.3, 0.4) is 0 Å². The number of fused-ring (bicyclic) bond motifs is 1. The lowest BCUT2D eigenvalue weighted by Crippen LogP contribution is -2.32. The van der Waals surface area contributed by atoms with Gasteiger partial charge in [-0.1, -0.05) is 12.1 Å². The van der Waals surface area contributed by atoms with Crippen molar-refractivity contribution in [2.24, 2.45) is 7.05 Å². The van der Waals surface area contributed by atoms with Crippen molar-refractivity contribution in [3.05, 3.63) is 30.1 Å². The summed E-state index contributed by atoms with van der Waals surface area (Å²) in [4.78, 5) is 4.61. The molecule has 0 fully saturated rings. The standard InChI is InChI=1S/C14H21N3O2/c1-17-13-7-5-4-6-12(13)16-14(17)9-15-8-11(19-3)10-18-2/h4-7,11,15H,8-10H2,1-3H3. The Bertz CT molecular complexity index is 524. The summed E-state index contributed by atoms with van der Waals surface area (Å²) in [6.07, 6.45) is 0.0692. The smallest absolute Gasteiger partial charge is 0.123 e. The molecule has 0 bridgehead atoms. The summed E-state index contributed by atoms with van der Waals surface area (Å²) in [6.45, 7) is 2.05. The van der Waals surface area contributed by atoms with Gasteiger partial charge in [-0.15, -0.1) is 0 Å². The van der Waals surface area contributed by atoms with Crippen molar-refractivity contribution in [3.63, 3.8) is 0 Å². The van der Waals surface area contributed by atoms with Crippen molar-refractivity contribution in [2.45, 2.75) is 12.6 Å². The van der Waals surface area contributed by atoms with E-state index in [4.69, 9.17) is 9.47 Å². The maximum Gasteiger partial charge on any atom is 0.123 e. The third-order valence-electron chi connectivity index (χ3n) is 3.22. The van der Waals surface area contributed by atoms with E-state index in [-0.39, 0.29) is 6.10 Å². The Hall–Kier alpha value is -1.43. The number of ether oxygens (including phenoxy) is 2. The van der Waals surface area contributed by atoms with E-state index in [9.17, 15) is 0 Å². The number of hydrogen-bond donors (Lipinski definition) is 1. The molecule has 1 atom stereocenters. The lowest BCUT2D eigenvalue weighted by Gasteiger charge is -2.14. The van der Waals surface area contributed by atoms with Crippen LogP contribution in [0, 0.1) is 0 Å². The fourth-order valence-corrected chi connectivity index (χ4v) is 2.09. The van der Waals surface area contributed by atoms with E-state index in [1.807, 2.05) is 25.2 Å². The largest absolute Gasteiger partial charge is 0.382 e. The third-order valence-corrected chi connectivity index (χ3v) is 3.22. The number of aryl methyl sites for hydroxylation is 1. The van der Waals surface area contributed by atoms with Crippen LogP contribution < -0.4 is 5.32 Å². The van der Waals surface area contributed by atoms with Gasteiger partial charge in [0.15, 0.2) is 0 Å². The molecule has 1 aromatic heterocycles. The van der Waals surface area contributed by atoms with Gasteiger partial charge in [0.2, 0.25) is 0 Å². The van der Waals surface area contributed by atoms with Gasteiger partial charge >= 0.3 is 0 Å². The third kappa shape index (κ3) is 3.32. The number of nitrogens with zero attached hydrogens (tertiary/aromatic N) is 2. The molecule has 0 saturated carbocycles. The van der Waals surface area contributed by atoms with E-state index >= 15 is 0 Å². The van der Waals surface area contributed by atoms with Crippen molar-refractivity contribution in [2.75, 3.05) is 27.4 Å². The van der Waals surface area contributed by atoms with Gasteiger partial charge in [0.05, 0.1) is 30.3 Å². The van der Waals surface area contributed by atoms with Gasteiger partial charge in [0.1, 0.15) is 5.82 Å². The van der Waals surface area contributed by atoms with Crippen LogP contribution in [0.15, 0.2) is 24.3 Å². The van der Waals surface area contributed by atoms with E-state index in [1.54, 1.807) is 14.2 Å². The summed E-state index contributed by atoms with van der Waals surface area (Å²) in [5, 5.41) is 3.35. The van der Waals surface area contributed by atoms with Crippen molar-refractivity contribution in [3.8, 4) is 0 Å². The zero-order valence-corrected chi connectivity index (χ0v) is 11.7. The van der Waals surface area contributed by atoms with Crippen LogP contribution in [-0.2, 0) is 23.1 Å². The maximum absolute atomic E-state index is 5.30. The SMILES string of the molecule is COCC(CNCc1nc2ccccc2n1C)OC. The summed E-state index contributed by atoms with van der Waals surface area (Å²) in [6, 6.07) is 8.14. The van der Waals surface area contributed by atoms with E-state index < -0.39 is 0 Å². The molecule has 0 saturated heterocycles. The number of aromatic nitrogens is 2. The monoisotopic (exact) mass is 263 g/mol. The van der Waals surface area contributed by atoms with Gasteiger partial charge in [0, 0.05) is 27.8 Å². The van der Waals surface area contributed by atoms with Crippen molar-refractivity contribution >= 4 is 11.0 Å². The highest BCUT2D eigenvalue weighted by Crippen LogP contribution is 2.13. The van der Waals surface area contributed by atoms with Gasteiger partial charge < -0.3 is 19.4 Å². The molecular weight excluding hydrogens is 242 g/mol. The van der Waals surface area contributed by atoms with E-state index in [2.05, 4.69) is 20.9 Å². The molecule has 1 unspecified atom stereocenters. The predicted octanol–water partition coefficient (Wildman–Crippen LogP) is 1.32. The van der Waals surface area contributed by atoms with Crippen LogP contribution in [0.4, 0.5) is 0 Å². The van der Waals surface area contributed by atoms with Gasteiger partial charge in [-0.05, 0) is 12.1 Å². The molecule has 0 spiro atoms. The number of imidazole rings is 1. The number of methoxy groups -OCH3 is 2. The highest BCUT2D eigenvalue weighted by Gasteiger charge is 2.09. The predicted molar refractivity (Wildman–Crippen MR) is 75.1 cm³/mol. The summed E-state index contributed by atoms with van der Waals surface area (Å²) < 4.78 is 12.5. The number of rotatable bonds is 7. The highest BCUT2D eigenvalue weighted by atomic mass is 16.5. The molecule has 2 rings (SSSR count). The van der Waals surface area contributed by atoms with Gasteiger partial charge in [0.25, 0.3) is 0 Å². The van der Waals surface area contributed by atoms with Crippen LogP contribution >= 0.6 is 0 Å². The molecule has 2 aromatic rings. The van der Waals surface area contributed by atoms with Crippen LogP contribution in [-0.4, -0.2) is 43.0 Å². The molecule has 5 heteroatoms. The first-order valence-electron chi connectivity index (χ1n) is 6.39. The first-order chi connectivity index (χ1) is 9.26. The van der Waals surface area contributed by atoms with Gasteiger partial charge in [-0.2, -0.15) is 0 Å². The maximum atomic E-state index is 5.30. The average Bonchev–Trinajstić information content (AvgIpc) is 2.75.